The molecular formula is C12H23N5O. The Hall–Kier alpha value is -1.59. The number of anilines is 2. The first-order chi connectivity index (χ1) is 8.60. The first-order valence-electron chi connectivity index (χ1n) is 6.41. The summed E-state index contributed by atoms with van der Waals surface area (Å²) in [7, 11) is 1.55. The van der Waals surface area contributed by atoms with Crippen molar-refractivity contribution in [2.24, 2.45) is 5.92 Å². The lowest BCUT2D eigenvalue weighted by Crippen LogP contribution is -2.26. The molecule has 0 fully saturated rings. The largest absolute Gasteiger partial charge is 0.467 e. The minimum Gasteiger partial charge on any atom is -0.467 e. The molecule has 1 atom stereocenters. The maximum atomic E-state index is 5.08. The van der Waals surface area contributed by atoms with Crippen LogP contribution < -0.4 is 15.4 Å². The number of hydrogen-bond donors (Lipinski definition) is 2. The quantitative estimate of drug-likeness (QED) is 0.776. The number of nitrogens with zero attached hydrogens (tertiary/aromatic N) is 3. The summed E-state index contributed by atoms with van der Waals surface area (Å²) < 4.78 is 5.08. The summed E-state index contributed by atoms with van der Waals surface area (Å²) in [6, 6.07) is 0.661. The Bertz CT molecular complexity index is 369. The third kappa shape index (κ3) is 4.01. The normalized spacial score (nSPS) is 12.3. The van der Waals surface area contributed by atoms with E-state index < -0.39 is 0 Å². The van der Waals surface area contributed by atoms with Gasteiger partial charge in [0, 0.05) is 12.6 Å². The van der Waals surface area contributed by atoms with Crippen LogP contribution in [0.1, 0.15) is 34.1 Å². The Morgan fingerprint density at radius 1 is 1.11 bits per heavy atom. The van der Waals surface area contributed by atoms with Crippen molar-refractivity contribution in [3.8, 4) is 6.01 Å². The second kappa shape index (κ2) is 6.98. The Morgan fingerprint density at radius 3 is 2.28 bits per heavy atom. The molecule has 2 N–H and O–H groups in total. The summed E-state index contributed by atoms with van der Waals surface area (Å²) in [6.45, 7) is 9.23. The average Bonchev–Trinajstić information content (AvgIpc) is 2.35. The van der Waals surface area contributed by atoms with Gasteiger partial charge in [-0.2, -0.15) is 15.0 Å². The van der Waals surface area contributed by atoms with Crippen LogP contribution in [0.5, 0.6) is 6.01 Å². The van der Waals surface area contributed by atoms with Gasteiger partial charge in [-0.05, 0) is 19.3 Å². The molecule has 6 nitrogen and oxygen atoms in total. The topological polar surface area (TPSA) is 72.0 Å². The van der Waals surface area contributed by atoms with Gasteiger partial charge < -0.3 is 15.4 Å². The number of rotatable bonds is 7. The lowest BCUT2D eigenvalue weighted by Gasteiger charge is -2.20. The first-order valence-corrected chi connectivity index (χ1v) is 6.41. The van der Waals surface area contributed by atoms with Crippen molar-refractivity contribution >= 4 is 11.9 Å². The Kier molecular flexibility index (Phi) is 5.61. The Labute approximate surface area is 109 Å². The molecule has 0 aliphatic rings. The van der Waals surface area contributed by atoms with Crippen LogP contribution in [0.4, 0.5) is 11.9 Å². The van der Waals surface area contributed by atoms with Crippen LogP contribution in [-0.4, -0.2) is 34.6 Å². The molecule has 1 rings (SSSR count). The van der Waals surface area contributed by atoms with E-state index in [0.717, 1.165) is 13.0 Å². The van der Waals surface area contributed by atoms with Crippen molar-refractivity contribution in [3.63, 3.8) is 0 Å². The molecule has 18 heavy (non-hydrogen) atoms. The van der Waals surface area contributed by atoms with E-state index in [4.69, 9.17) is 4.74 Å². The van der Waals surface area contributed by atoms with Gasteiger partial charge in [-0.3, -0.25) is 0 Å². The summed E-state index contributed by atoms with van der Waals surface area (Å²) >= 11 is 0. The molecule has 1 unspecified atom stereocenters. The molecule has 0 amide bonds. The van der Waals surface area contributed by atoms with Gasteiger partial charge in [0.05, 0.1) is 7.11 Å². The highest BCUT2D eigenvalue weighted by atomic mass is 16.5. The monoisotopic (exact) mass is 253 g/mol. The molecule has 102 valence electrons. The summed E-state index contributed by atoms with van der Waals surface area (Å²) in [6.07, 6.45) is 1.02. The second-order valence-electron chi connectivity index (χ2n) is 4.40. The Morgan fingerprint density at radius 2 is 1.78 bits per heavy atom. The van der Waals surface area contributed by atoms with Crippen LogP contribution >= 0.6 is 0 Å². The molecule has 0 saturated heterocycles. The van der Waals surface area contributed by atoms with Gasteiger partial charge in [0.25, 0.3) is 0 Å². The zero-order valence-corrected chi connectivity index (χ0v) is 11.8. The van der Waals surface area contributed by atoms with Gasteiger partial charge in [0.1, 0.15) is 0 Å². The van der Waals surface area contributed by atoms with Gasteiger partial charge in [-0.15, -0.1) is 0 Å². The van der Waals surface area contributed by atoms with Crippen LogP contribution in [0.25, 0.3) is 0 Å². The molecule has 1 aromatic rings. The van der Waals surface area contributed by atoms with Gasteiger partial charge in [0.15, 0.2) is 0 Å². The average molecular weight is 253 g/mol. The van der Waals surface area contributed by atoms with E-state index >= 15 is 0 Å². The fourth-order valence-electron chi connectivity index (χ4n) is 1.66. The van der Waals surface area contributed by atoms with Crippen LogP contribution in [0.3, 0.4) is 0 Å². The summed E-state index contributed by atoms with van der Waals surface area (Å²) in [4.78, 5) is 12.6. The molecular weight excluding hydrogens is 230 g/mol. The van der Waals surface area contributed by atoms with Gasteiger partial charge in [0.2, 0.25) is 11.9 Å². The smallest absolute Gasteiger partial charge is 0.322 e. The van der Waals surface area contributed by atoms with Crippen molar-refractivity contribution < 1.29 is 4.74 Å². The predicted octanol–water partition coefficient (Wildman–Crippen LogP) is 2.16. The van der Waals surface area contributed by atoms with E-state index in [1.54, 1.807) is 7.11 Å². The number of ether oxygens (including phenoxy) is 1. The molecule has 0 spiro atoms. The van der Waals surface area contributed by atoms with Crippen molar-refractivity contribution in [3.05, 3.63) is 0 Å². The van der Waals surface area contributed by atoms with E-state index in [0.29, 0.717) is 29.9 Å². The SMILES string of the molecule is CCNc1nc(NC(CC)C(C)C)nc(OC)n1. The van der Waals surface area contributed by atoms with E-state index in [9.17, 15) is 0 Å². The number of aromatic nitrogens is 3. The molecule has 0 bridgehead atoms. The molecule has 0 aliphatic heterocycles. The van der Waals surface area contributed by atoms with Crippen LogP contribution in [-0.2, 0) is 0 Å². The molecule has 1 aromatic heterocycles. The number of hydrogen-bond acceptors (Lipinski definition) is 6. The highest BCUT2D eigenvalue weighted by molar-refractivity contribution is 5.36. The minimum atomic E-state index is 0.321. The lowest BCUT2D eigenvalue weighted by atomic mass is 10.0. The molecule has 0 radical (unpaired) electrons. The molecule has 0 aromatic carbocycles. The van der Waals surface area contributed by atoms with Crippen molar-refractivity contribution in [2.75, 3.05) is 24.3 Å². The third-order valence-corrected chi connectivity index (χ3v) is 2.69. The van der Waals surface area contributed by atoms with Crippen LogP contribution in [0.15, 0.2) is 0 Å². The van der Waals surface area contributed by atoms with Gasteiger partial charge >= 0.3 is 6.01 Å². The molecule has 0 saturated carbocycles. The van der Waals surface area contributed by atoms with Gasteiger partial charge in [-0.25, -0.2) is 0 Å². The second-order valence-corrected chi connectivity index (χ2v) is 4.40. The third-order valence-electron chi connectivity index (χ3n) is 2.69. The maximum absolute atomic E-state index is 5.08. The van der Waals surface area contributed by atoms with Crippen molar-refractivity contribution in [2.45, 2.75) is 40.2 Å². The molecule has 6 heteroatoms. The van der Waals surface area contributed by atoms with Crippen LogP contribution in [0.2, 0.25) is 0 Å². The summed E-state index contributed by atoms with van der Waals surface area (Å²) in [5.74, 6) is 1.60. The summed E-state index contributed by atoms with van der Waals surface area (Å²) in [5.41, 5.74) is 0. The minimum absolute atomic E-state index is 0.321. The van der Waals surface area contributed by atoms with E-state index in [-0.39, 0.29) is 0 Å². The lowest BCUT2D eigenvalue weighted by molar-refractivity contribution is 0.379. The maximum Gasteiger partial charge on any atom is 0.322 e. The fraction of sp³-hybridized carbons (Fsp3) is 0.750. The highest BCUT2D eigenvalue weighted by Gasteiger charge is 2.14. The molecule has 0 aliphatic carbocycles. The standard InChI is InChI=1S/C12H23N5O/c1-6-9(8(3)4)14-11-15-10(13-7-2)16-12(17-11)18-5/h8-9H,6-7H2,1-5H3,(H2,13,14,15,16,17). The fourth-order valence-corrected chi connectivity index (χ4v) is 1.66. The van der Waals surface area contributed by atoms with E-state index in [1.807, 2.05) is 6.92 Å². The first kappa shape index (κ1) is 14.5. The highest BCUT2D eigenvalue weighted by Crippen LogP contribution is 2.15. The summed E-state index contributed by atoms with van der Waals surface area (Å²) in [5, 5.41) is 6.38. The zero-order chi connectivity index (χ0) is 13.5. The van der Waals surface area contributed by atoms with Gasteiger partial charge in [-0.1, -0.05) is 20.8 Å². The van der Waals surface area contributed by atoms with E-state index in [2.05, 4.69) is 46.4 Å². The molecule has 1 heterocycles. The van der Waals surface area contributed by atoms with E-state index in [1.165, 1.54) is 0 Å². The predicted molar refractivity (Wildman–Crippen MR) is 73.1 cm³/mol. The zero-order valence-electron chi connectivity index (χ0n) is 11.8. The Balaban J connectivity index is 2.89. The van der Waals surface area contributed by atoms with Crippen molar-refractivity contribution in [1.82, 2.24) is 15.0 Å². The number of methoxy groups -OCH3 is 1. The van der Waals surface area contributed by atoms with Crippen molar-refractivity contribution in [1.29, 1.82) is 0 Å². The van der Waals surface area contributed by atoms with Crippen LogP contribution in [0, 0.1) is 5.92 Å². The number of nitrogens with one attached hydrogen (secondary N) is 2.